The van der Waals surface area contributed by atoms with Gasteiger partial charge >= 0.3 is 0 Å². The van der Waals surface area contributed by atoms with Crippen molar-refractivity contribution in [2.75, 3.05) is 13.7 Å². The molecule has 2 aromatic rings. The lowest BCUT2D eigenvalue weighted by molar-refractivity contribution is -0.154. The van der Waals surface area contributed by atoms with Crippen molar-refractivity contribution in [2.45, 2.75) is 19.8 Å². The SMILES string of the molecule is COc1ccc(C(=O)CN(C(=O)c2ccc(Cl)c(Cl)c2)N2C(=O)[C@H]3CC=C(C)C[C@@H]3C2=O)cc1. The number of imide groups is 1. The highest BCUT2D eigenvalue weighted by molar-refractivity contribution is 6.42. The molecule has 176 valence electrons. The van der Waals surface area contributed by atoms with E-state index in [0.29, 0.717) is 24.2 Å². The first kappa shape index (κ1) is 24.0. The van der Waals surface area contributed by atoms with E-state index >= 15 is 0 Å². The molecule has 2 aliphatic rings. The number of ketones is 1. The fourth-order valence-corrected chi connectivity index (χ4v) is 4.57. The summed E-state index contributed by atoms with van der Waals surface area (Å²) in [6, 6.07) is 10.6. The number of carbonyl (C=O) groups excluding carboxylic acids is 4. The number of hydrogen-bond acceptors (Lipinski definition) is 5. The summed E-state index contributed by atoms with van der Waals surface area (Å²) in [6.07, 6.45) is 2.79. The second-order valence-electron chi connectivity index (χ2n) is 8.33. The van der Waals surface area contributed by atoms with Gasteiger partial charge in [-0.15, -0.1) is 0 Å². The standard InChI is InChI=1S/C25H22Cl2N2O5/c1-14-3-9-18-19(11-14)25(33)29(24(18)32)28(23(31)16-6-10-20(26)21(27)12-16)13-22(30)15-4-7-17(34-2)8-5-15/h3-8,10,12,18-19H,9,11,13H2,1-2H3/t18-,19-/m0/s1. The Bertz CT molecular complexity index is 1210. The summed E-state index contributed by atoms with van der Waals surface area (Å²) < 4.78 is 5.12. The van der Waals surface area contributed by atoms with Crippen LogP contribution in [-0.2, 0) is 9.59 Å². The molecule has 1 aliphatic heterocycles. The average molecular weight is 501 g/mol. The molecule has 7 nitrogen and oxygen atoms in total. The number of carbonyl (C=O) groups is 4. The lowest BCUT2D eigenvalue weighted by Crippen LogP contribution is -2.52. The molecule has 0 aromatic heterocycles. The van der Waals surface area contributed by atoms with Gasteiger partial charge in [0, 0.05) is 11.1 Å². The summed E-state index contributed by atoms with van der Waals surface area (Å²) >= 11 is 12.1. The molecule has 2 aromatic carbocycles. The van der Waals surface area contributed by atoms with E-state index in [0.717, 1.165) is 15.6 Å². The number of hydrazine groups is 1. The maximum absolute atomic E-state index is 13.5. The molecule has 4 rings (SSSR count). The molecular formula is C25H22Cl2N2O5. The number of halogens is 2. The molecule has 1 saturated heterocycles. The number of fused-ring (bicyclic) bond motifs is 1. The summed E-state index contributed by atoms with van der Waals surface area (Å²) in [4.78, 5) is 53.2. The molecule has 1 fully saturated rings. The Balaban J connectivity index is 1.69. The Morgan fingerprint density at radius 2 is 1.65 bits per heavy atom. The van der Waals surface area contributed by atoms with Crippen molar-refractivity contribution in [3.63, 3.8) is 0 Å². The van der Waals surface area contributed by atoms with Crippen LogP contribution in [-0.4, -0.2) is 47.2 Å². The van der Waals surface area contributed by atoms with E-state index in [-0.39, 0.29) is 15.6 Å². The van der Waals surface area contributed by atoms with E-state index in [4.69, 9.17) is 27.9 Å². The van der Waals surface area contributed by atoms with E-state index < -0.39 is 41.9 Å². The van der Waals surface area contributed by atoms with Gasteiger partial charge in [-0.05, 0) is 62.2 Å². The molecule has 0 bridgehead atoms. The predicted molar refractivity (Wildman–Crippen MR) is 127 cm³/mol. The quantitative estimate of drug-likeness (QED) is 0.329. The molecule has 0 radical (unpaired) electrons. The van der Waals surface area contributed by atoms with Gasteiger partial charge in [-0.25, -0.2) is 5.01 Å². The number of nitrogens with zero attached hydrogens (tertiary/aromatic N) is 2. The van der Waals surface area contributed by atoms with Crippen LogP contribution in [0.5, 0.6) is 5.75 Å². The highest BCUT2D eigenvalue weighted by atomic mass is 35.5. The van der Waals surface area contributed by atoms with Gasteiger partial charge in [-0.3, -0.25) is 19.2 Å². The first-order valence-electron chi connectivity index (χ1n) is 10.7. The zero-order valence-corrected chi connectivity index (χ0v) is 20.1. The molecule has 34 heavy (non-hydrogen) atoms. The summed E-state index contributed by atoms with van der Waals surface area (Å²) in [7, 11) is 1.51. The van der Waals surface area contributed by atoms with Crippen molar-refractivity contribution >= 4 is 46.7 Å². The van der Waals surface area contributed by atoms with Gasteiger partial charge in [0.25, 0.3) is 17.7 Å². The Kier molecular flexibility index (Phi) is 6.77. The van der Waals surface area contributed by atoms with Gasteiger partial charge in [0.2, 0.25) is 0 Å². The topological polar surface area (TPSA) is 84.0 Å². The molecule has 0 N–H and O–H groups in total. The van der Waals surface area contributed by atoms with Gasteiger partial charge in [-0.2, -0.15) is 5.01 Å². The normalized spacial score (nSPS) is 19.5. The third-order valence-corrected chi connectivity index (χ3v) is 6.89. The van der Waals surface area contributed by atoms with Gasteiger partial charge in [0.1, 0.15) is 12.3 Å². The smallest absolute Gasteiger partial charge is 0.273 e. The number of Topliss-reactive ketones (excluding diaryl/α,β-unsaturated/α-hetero) is 1. The lowest BCUT2D eigenvalue weighted by atomic mass is 9.82. The molecule has 0 spiro atoms. The van der Waals surface area contributed by atoms with Gasteiger partial charge in [0.05, 0.1) is 29.0 Å². The summed E-state index contributed by atoms with van der Waals surface area (Å²) in [5, 5.41) is 2.15. The van der Waals surface area contributed by atoms with Crippen molar-refractivity contribution in [2.24, 2.45) is 11.8 Å². The van der Waals surface area contributed by atoms with Crippen molar-refractivity contribution < 1.29 is 23.9 Å². The first-order chi connectivity index (χ1) is 16.2. The van der Waals surface area contributed by atoms with E-state index in [1.165, 1.54) is 25.3 Å². The Morgan fingerprint density at radius 1 is 1.00 bits per heavy atom. The highest BCUT2D eigenvalue weighted by Gasteiger charge is 2.51. The van der Waals surface area contributed by atoms with E-state index in [1.54, 1.807) is 24.3 Å². The fourth-order valence-electron chi connectivity index (χ4n) is 4.27. The molecule has 1 heterocycles. The third kappa shape index (κ3) is 4.45. The van der Waals surface area contributed by atoms with Gasteiger partial charge in [-0.1, -0.05) is 34.9 Å². The average Bonchev–Trinajstić information content (AvgIpc) is 3.07. The van der Waals surface area contributed by atoms with Crippen molar-refractivity contribution in [3.05, 3.63) is 75.3 Å². The molecule has 0 saturated carbocycles. The Morgan fingerprint density at radius 3 is 2.29 bits per heavy atom. The van der Waals surface area contributed by atoms with E-state index in [9.17, 15) is 19.2 Å². The second-order valence-corrected chi connectivity index (χ2v) is 9.15. The van der Waals surface area contributed by atoms with Crippen LogP contribution in [0.25, 0.3) is 0 Å². The van der Waals surface area contributed by atoms with Crippen molar-refractivity contribution in [1.82, 2.24) is 10.0 Å². The number of amides is 3. The minimum Gasteiger partial charge on any atom is -0.497 e. The van der Waals surface area contributed by atoms with Crippen LogP contribution >= 0.6 is 23.2 Å². The zero-order chi connectivity index (χ0) is 24.6. The second kappa shape index (κ2) is 9.60. The van der Waals surface area contributed by atoms with Crippen LogP contribution in [0.4, 0.5) is 0 Å². The van der Waals surface area contributed by atoms with Crippen LogP contribution in [0.2, 0.25) is 10.0 Å². The fraction of sp³-hybridized carbons (Fsp3) is 0.280. The van der Waals surface area contributed by atoms with Crippen LogP contribution in [0.3, 0.4) is 0 Å². The number of hydrogen-bond donors (Lipinski definition) is 0. The van der Waals surface area contributed by atoms with Crippen molar-refractivity contribution in [1.29, 1.82) is 0 Å². The molecule has 9 heteroatoms. The molecule has 0 unspecified atom stereocenters. The minimum absolute atomic E-state index is 0.0988. The highest BCUT2D eigenvalue weighted by Crippen LogP contribution is 2.38. The molecular weight excluding hydrogens is 479 g/mol. The van der Waals surface area contributed by atoms with Crippen LogP contribution in [0, 0.1) is 11.8 Å². The Labute approximate surface area is 206 Å². The number of benzene rings is 2. The number of allylic oxidation sites excluding steroid dienone is 2. The minimum atomic E-state index is -0.703. The van der Waals surface area contributed by atoms with Crippen molar-refractivity contribution in [3.8, 4) is 5.75 Å². The maximum Gasteiger partial charge on any atom is 0.273 e. The number of rotatable bonds is 6. The van der Waals surface area contributed by atoms with Crippen LogP contribution in [0.15, 0.2) is 54.1 Å². The number of ether oxygens (including phenoxy) is 1. The third-order valence-electron chi connectivity index (χ3n) is 6.15. The summed E-state index contributed by atoms with van der Waals surface area (Å²) in [6.45, 7) is 1.40. The maximum atomic E-state index is 13.5. The largest absolute Gasteiger partial charge is 0.497 e. The zero-order valence-electron chi connectivity index (χ0n) is 18.6. The first-order valence-corrected chi connectivity index (χ1v) is 11.4. The van der Waals surface area contributed by atoms with E-state index in [2.05, 4.69) is 0 Å². The lowest BCUT2D eigenvalue weighted by Gasteiger charge is -2.30. The summed E-state index contributed by atoms with van der Waals surface area (Å²) in [5.41, 5.74) is 1.42. The molecule has 1 aliphatic carbocycles. The van der Waals surface area contributed by atoms with Gasteiger partial charge in [0.15, 0.2) is 5.78 Å². The van der Waals surface area contributed by atoms with Crippen LogP contribution < -0.4 is 4.74 Å². The van der Waals surface area contributed by atoms with Gasteiger partial charge < -0.3 is 4.74 Å². The monoisotopic (exact) mass is 500 g/mol. The summed E-state index contributed by atoms with van der Waals surface area (Å²) in [5.74, 6) is -2.68. The molecule has 3 amide bonds. The Hall–Kier alpha value is -3.16. The predicted octanol–water partition coefficient (Wildman–Crippen LogP) is 4.58. The van der Waals surface area contributed by atoms with E-state index in [1.807, 2.05) is 13.0 Å². The van der Waals surface area contributed by atoms with Crippen LogP contribution in [0.1, 0.15) is 40.5 Å². The molecule has 2 atom stereocenters. The number of methoxy groups -OCH3 is 1.